The summed E-state index contributed by atoms with van der Waals surface area (Å²) in [5.41, 5.74) is -2.72. The number of ether oxygens (including phenoxy) is 2. The molecule has 5 aliphatic rings. The number of carbonyl (C=O) groups excluding carboxylic acids is 2. The van der Waals surface area contributed by atoms with Gasteiger partial charge in [0.15, 0.2) is 12.1 Å². The molecular weight excluding hydrogens is 352 g/mol. The highest BCUT2D eigenvalue weighted by Gasteiger charge is 2.80. The van der Waals surface area contributed by atoms with Gasteiger partial charge in [-0.15, -0.1) is 0 Å². The van der Waals surface area contributed by atoms with E-state index in [4.69, 9.17) is 9.47 Å². The number of fused-ring (bicyclic) bond motifs is 1. The third kappa shape index (κ3) is 1.74. The molecule has 7 heteroatoms. The van der Waals surface area contributed by atoms with Gasteiger partial charge in [0.1, 0.15) is 11.5 Å². The van der Waals surface area contributed by atoms with Gasteiger partial charge in [0.05, 0.1) is 18.8 Å². The Hall–Kier alpha value is -1.28. The molecule has 0 aromatic carbocycles. The maximum atomic E-state index is 13.2. The summed E-state index contributed by atoms with van der Waals surface area (Å²) in [5, 5.41) is 32.5. The number of carbonyl (C=O) groups is 2. The zero-order chi connectivity index (χ0) is 19.5. The van der Waals surface area contributed by atoms with E-state index in [0.29, 0.717) is 18.4 Å². The average Bonchev–Trinajstić information content (AvgIpc) is 3.03. The van der Waals surface area contributed by atoms with Crippen LogP contribution in [0.3, 0.4) is 0 Å². The third-order valence-electron chi connectivity index (χ3n) is 8.46. The molecule has 2 spiro atoms. The molecule has 0 unspecified atom stereocenters. The first-order valence-electron chi connectivity index (χ1n) is 9.69. The second-order valence-corrected chi connectivity index (χ2v) is 9.77. The van der Waals surface area contributed by atoms with E-state index in [9.17, 15) is 24.9 Å². The van der Waals surface area contributed by atoms with E-state index in [-0.39, 0.29) is 24.7 Å². The first-order chi connectivity index (χ1) is 12.6. The Kier molecular flexibility index (Phi) is 3.30. The highest BCUT2D eigenvalue weighted by Crippen LogP contribution is 2.71. The molecule has 27 heavy (non-hydrogen) atoms. The van der Waals surface area contributed by atoms with Gasteiger partial charge < -0.3 is 24.8 Å². The highest BCUT2D eigenvalue weighted by molar-refractivity contribution is 6.15. The number of hydrogen-bond donors (Lipinski definition) is 3. The highest BCUT2D eigenvalue weighted by atomic mass is 16.6. The molecule has 5 rings (SSSR count). The summed E-state index contributed by atoms with van der Waals surface area (Å²) < 4.78 is 11.5. The lowest BCUT2D eigenvalue weighted by atomic mass is 9.43. The molecule has 5 fully saturated rings. The maximum Gasteiger partial charge on any atom is 0.320 e. The van der Waals surface area contributed by atoms with Gasteiger partial charge in [0.2, 0.25) is 0 Å². The summed E-state index contributed by atoms with van der Waals surface area (Å²) in [4.78, 5) is 26.3. The summed E-state index contributed by atoms with van der Waals surface area (Å²) in [6.07, 6.45) is -2.71. The van der Waals surface area contributed by atoms with Crippen molar-refractivity contribution in [2.45, 2.75) is 57.7 Å². The van der Waals surface area contributed by atoms with Gasteiger partial charge in [0, 0.05) is 23.7 Å². The summed E-state index contributed by atoms with van der Waals surface area (Å²) in [7, 11) is 0. The molecule has 0 radical (unpaired) electrons. The number of esters is 1. The van der Waals surface area contributed by atoms with E-state index in [2.05, 4.69) is 6.58 Å². The van der Waals surface area contributed by atoms with Crippen LogP contribution >= 0.6 is 0 Å². The van der Waals surface area contributed by atoms with Crippen molar-refractivity contribution in [1.82, 2.24) is 0 Å². The molecule has 0 aromatic heterocycles. The minimum absolute atomic E-state index is 0.0842. The molecule has 148 valence electrons. The molecule has 2 heterocycles. The fourth-order valence-corrected chi connectivity index (χ4v) is 7.29. The van der Waals surface area contributed by atoms with Crippen molar-refractivity contribution in [3.8, 4) is 0 Å². The van der Waals surface area contributed by atoms with Crippen LogP contribution in [0.15, 0.2) is 12.2 Å². The van der Waals surface area contributed by atoms with Gasteiger partial charge >= 0.3 is 5.97 Å². The number of aliphatic hydroxyl groups excluding tert-OH is 3. The molecule has 2 bridgehead atoms. The Balaban J connectivity index is 1.75. The zero-order valence-corrected chi connectivity index (χ0v) is 15.6. The van der Waals surface area contributed by atoms with E-state index in [1.807, 2.05) is 13.8 Å². The van der Waals surface area contributed by atoms with E-state index in [1.54, 1.807) is 0 Å². The van der Waals surface area contributed by atoms with Crippen molar-refractivity contribution < 1.29 is 34.4 Å². The Morgan fingerprint density at radius 3 is 2.52 bits per heavy atom. The molecular formula is C20H26O7. The summed E-state index contributed by atoms with van der Waals surface area (Å²) >= 11 is 0. The van der Waals surface area contributed by atoms with Crippen molar-refractivity contribution in [2.24, 2.45) is 34.0 Å². The van der Waals surface area contributed by atoms with Crippen LogP contribution in [-0.2, 0) is 19.1 Å². The first-order valence-corrected chi connectivity index (χ1v) is 9.69. The van der Waals surface area contributed by atoms with Crippen LogP contribution in [0, 0.1) is 34.0 Å². The number of aliphatic hydroxyl groups is 3. The number of Topliss-reactive ketones (excluding diaryl/α,β-unsaturated/α-hetero) is 1. The van der Waals surface area contributed by atoms with E-state index < -0.39 is 58.7 Å². The number of ketones is 1. The maximum absolute atomic E-state index is 13.2. The van der Waals surface area contributed by atoms with Crippen LogP contribution < -0.4 is 0 Å². The van der Waals surface area contributed by atoms with Crippen LogP contribution in [0.2, 0.25) is 0 Å². The van der Waals surface area contributed by atoms with Gasteiger partial charge in [-0.3, -0.25) is 9.59 Å². The SMILES string of the molecule is C=C1C(=O)[C@]23C[C@H]1C[C@@H](O)[C@H]2[C@@]12CO[C@@H](O)[C@@H]1C(C)(C)[C@H](O)C[C@@H]2OC3=O. The van der Waals surface area contributed by atoms with Crippen molar-refractivity contribution in [3.05, 3.63) is 12.2 Å². The Morgan fingerprint density at radius 2 is 1.81 bits per heavy atom. The summed E-state index contributed by atoms with van der Waals surface area (Å²) in [6, 6.07) is 0. The monoisotopic (exact) mass is 378 g/mol. The molecule has 0 aromatic rings. The smallest absolute Gasteiger partial charge is 0.320 e. The fourth-order valence-electron chi connectivity index (χ4n) is 7.29. The predicted octanol–water partition coefficient (Wildman–Crippen LogP) is 0.166. The van der Waals surface area contributed by atoms with Crippen LogP contribution in [0.25, 0.3) is 0 Å². The minimum Gasteiger partial charge on any atom is -0.461 e. The van der Waals surface area contributed by atoms with Crippen molar-refractivity contribution in [3.63, 3.8) is 0 Å². The zero-order valence-electron chi connectivity index (χ0n) is 15.6. The lowest BCUT2D eigenvalue weighted by molar-refractivity contribution is -0.267. The molecule has 9 atom stereocenters. The van der Waals surface area contributed by atoms with Gasteiger partial charge in [0.25, 0.3) is 0 Å². The normalized spacial score (nSPS) is 55.6. The number of hydrogen-bond acceptors (Lipinski definition) is 7. The van der Waals surface area contributed by atoms with Gasteiger partial charge in [-0.1, -0.05) is 20.4 Å². The van der Waals surface area contributed by atoms with Gasteiger partial charge in [-0.25, -0.2) is 0 Å². The van der Waals surface area contributed by atoms with Crippen LogP contribution in [0.5, 0.6) is 0 Å². The second kappa shape index (κ2) is 5.00. The van der Waals surface area contributed by atoms with Crippen LogP contribution in [-0.4, -0.2) is 58.3 Å². The Bertz CT molecular complexity index is 759. The number of rotatable bonds is 0. The van der Waals surface area contributed by atoms with Crippen molar-refractivity contribution in [1.29, 1.82) is 0 Å². The second-order valence-electron chi connectivity index (χ2n) is 9.77. The third-order valence-corrected chi connectivity index (χ3v) is 8.46. The summed E-state index contributed by atoms with van der Waals surface area (Å²) in [5.74, 6) is -2.47. The lowest BCUT2D eigenvalue weighted by Gasteiger charge is -2.63. The molecule has 0 amide bonds. The molecule has 2 aliphatic heterocycles. The Morgan fingerprint density at radius 1 is 1.11 bits per heavy atom. The van der Waals surface area contributed by atoms with Gasteiger partial charge in [-0.05, 0) is 29.7 Å². The standard InChI is InChI=1S/C20H26O7/c1-8-9-4-10(21)13-19(6-9,15(8)23)17(25)27-12-5-11(22)18(2,3)14-16(24)26-7-20(12,13)14/h9-14,16,21-22,24H,1,4-7H2,2-3H3/t9-,10-,11-,12+,13-,14-,16-,19+,20+/m1/s1. The fraction of sp³-hybridized carbons (Fsp3) is 0.800. The van der Waals surface area contributed by atoms with Crippen molar-refractivity contribution >= 4 is 11.8 Å². The Labute approximate surface area is 157 Å². The average molecular weight is 378 g/mol. The minimum atomic E-state index is -1.46. The van der Waals surface area contributed by atoms with Crippen molar-refractivity contribution in [2.75, 3.05) is 6.61 Å². The number of allylic oxidation sites excluding steroid dienone is 1. The van der Waals surface area contributed by atoms with E-state index in [1.165, 1.54) is 0 Å². The topological polar surface area (TPSA) is 113 Å². The van der Waals surface area contributed by atoms with Crippen LogP contribution in [0.4, 0.5) is 0 Å². The van der Waals surface area contributed by atoms with Crippen LogP contribution in [0.1, 0.15) is 33.1 Å². The van der Waals surface area contributed by atoms with E-state index in [0.717, 1.165) is 0 Å². The van der Waals surface area contributed by atoms with Gasteiger partial charge in [-0.2, -0.15) is 0 Å². The first kappa shape index (κ1) is 17.8. The molecule has 3 saturated carbocycles. The molecule has 2 saturated heterocycles. The molecule has 3 aliphatic carbocycles. The lowest BCUT2D eigenvalue weighted by Crippen LogP contribution is -2.72. The largest absolute Gasteiger partial charge is 0.461 e. The quantitative estimate of drug-likeness (QED) is 0.313. The molecule has 7 nitrogen and oxygen atoms in total. The molecule has 3 N–H and O–H groups in total. The summed E-state index contributed by atoms with van der Waals surface area (Å²) in [6.45, 7) is 7.68. The van der Waals surface area contributed by atoms with E-state index >= 15 is 0 Å². The predicted molar refractivity (Wildman–Crippen MR) is 91.0 cm³/mol.